The predicted octanol–water partition coefficient (Wildman–Crippen LogP) is -3.23. The van der Waals surface area contributed by atoms with E-state index in [4.69, 9.17) is 33.5 Å². The molecule has 3 heterocycles. The van der Waals surface area contributed by atoms with E-state index in [0.717, 1.165) is 0 Å². The van der Waals surface area contributed by atoms with Crippen molar-refractivity contribution in [3.63, 3.8) is 0 Å². The van der Waals surface area contributed by atoms with E-state index in [1.54, 1.807) is 18.2 Å². The van der Waals surface area contributed by atoms with Gasteiger partial charge in [-0.05, 0) is 17.7 Å². The van der Waals surface area contributed by atoms with Gasteiger partial charge in [0.1, 0.15) is 42.7 Å². The van der Waals surface area contributed by atoms with Gasteiger partial charge in [0.15, 0.2) is 24.1 Å². The number of benzene rings is 1. The summed E-state index contributed by atoms with van der Waals surface area (Å²) < 4.78 is 32.4. The first kappa shape index (κ1) is 25.5. The summed E-state index contributed by atoms with van der Waals surface area (Å²) in [5.74, 6) is 0.606. The van der Waals surface area contributed by atoms with E-state index < -0.39 is 67.8 Å². The van der Waals surface area contributed by atoms with Crippen molar-refractivity contribution in [3.8, 4) is 11.5 Å². The van der Waals surface area contributed by atoms with E-state index in [1.165, 1.54) is 0 Å². The third-order valence-electron chi connectivity index (χ3n) is 6.14. The van der Waals surface area contributed by atoms with Gasteiger partial charge in [-0.3, -0.25) is 0 Å². The summed E-state index contributed by atoms with van der Waals surface area (Å²) in [6.07, 6.45) is -12.4. The maximum Gasteiger partial charge on any atom is 0.231 e. The molecule has 13 nitrogen and oxygen atoms in total. The molecule has 0 aliphatic carbocycles. The van der Waals surface area contributed by atoms with Gasteiger partial charge in [-0.15, -0.1) is 0 Å². The monoisotopic (exact) mass is 490 g/mol. The second-order valence-corrected chi connectivity index (χ2v) is 8.38. The standard InChI is InChI=1S/C21H30O13/c22-4-10(9-1-2-11-12(3-9)32-8-31-11)6-29-21-19(28)17(26)16(25)14(34-21)7-30-20-18(27)15(24)13(5-23)33-20/h1-3,10,13-28H,4-8H2/t10-,13+,14-,15+,16-,17+,18-,19-,20-,21-/m1/s1. The highest BCUT2D eigenvalue weighted by molar-refractivity contribution is 5.45. The Kier molecular flexibility index (Phi) is 8.22. The van der Waals surface area contributed by atoms with Crippen LogP contribution >= 0.6 is 0 Å². The van der Waals surface area contributed by atoms with Crippen molar-refractivity contribution in [2.24, 2.45) is 0 Å². The Balaban J connectivity index is 1.35. The minimum atomic E-state index is -1.63. The average molecular weight is 490 g/mol. The molecule has 4 rings (SSSR count). The maximum atomic E-state index is 10.3. The van der Waals surface area contributed by atoms with E-state index >= 15 is 0 Å². The van der Waals surface area contributed by atoms with Crippen LogP contribution in [0, 0.1) is 0 Å². The first-order valence-corrected chi connectivity index (χ1v) is 10.9. The van der Waals surface area contributed by atoms with E-state index in [1.807, 2.05) is 0 Å². The smallest absolute Gasteiger partial charge is 0.231 e. The van der Waals surface area contributed by atoms with E-state index in [2.05, 4.69) is 0 Å². The normalized spacial score (nSPS) is 38.3. The fourth-order valence-corrected chi connectivity index (χ4v) is 4.02. The summed E-state index contributed by atoms with van der Waals surface area (Å²) in [6.45, 7) is -1.19. The van der Waals surface area contributed by atoms with Crippen LogP contribution in [0.25, 0.3) is 0 Å². The number of fused-ring (bicyclic) bond motifs is 1. The Bertz CT molecular complexity index is 809. The molecule has 0 saturated carbocycles. The highest BCUT2D eigenvalue weighted by Gasteiger charge is 2.47. The van der Waals surface area contributed by atoms with Gasteiger partial charge in [0.25, 0.3) is 0 Å². The van der Waals surface area contributed by atoms with Crippen LogP contribution in [0.5, 0.6) is 11.5 Å². The summed E-state index contributed by atoms with van der Waals surface area (Å²) in [7, 11) is 0. The summed E-state index contributed by atoms with van der Waals surface area (Å²) in [5, 5.41) is 69.6. The molecule has 0 radical (unpaired) electrons. The third-order valence-corrected chi connectivity index (χ3v) is 6.14. The largest absolute Gasteiger partial charge is 0.454 e. The van der Waals surface area contributed by atoms with Crippen molar-refractivity contribution in [1.82, 2.24) is 0 Å². The first-order chi connectivity index (χ1) is 16.3. The molecule has 34 heavy (non-hydrogen) atoms. The number of hydrogen-bond acceptors (Lipinski definition) is 13. The van der Waals surface area contributed by atoms with E-state index in [9.17, 15) is 30.6 Å². The number of ether oxygens (including phenoxy) is 6. The Morgan fingerprint density at radius 1 is 0.794 bits per heavy atom. The lowest BCUT2D eigenvalue weighted by molar-refractivity contribution is -0.311. The molecule has 10 atom stereocenters. The molecule has 3 aliphatic heterocycles. The molecule has 0 amide bonds. The molecular formula is C21H30O13. The van der Waals surface area contributed by atoms with Crippen LogP contribution in [0.2, 0.25) is 0 Å². The fraction of sp³-hybridized carbons (Fsp3) is 0.714. The molecule has 0 unspecified atom stereocenters. The molecular weight excluding hydrogens is 460 g/mol. The van der Waals surface area contributed by atoms with Crippen molar-refractivity contribution < 1.29 is 64.2 Å². The Hall–Kier alpha value is -1.62. The van der Waals surface area contributed by atoms with Gasteiger partial charge in [0, 0.05) is 5.92 Å². The highest BCUT2D eigenvalue weighted by Crippen LogP contribution is 2.35. The average Bonchev–Trinajstić information content (AvgIpc) is 3.42. The molecule has 3 aliphatic rings. The number of aliphatic hydroxyl groups is 7. The summed E-state index contributed by atoms with van der Waals surface area (Å²) in [5.41, 5.74) is 0.696. The van der Waals surface area contributed by atoms with Gasteiger partial charge in [-0.1, -0.05) is 6.07 Å². The van der Waals surface area contributed by atoms with E-state index in [-0.39, 0.29) is 26.6 Å². The van der Waals surface area contributed by atoms with Gasteiger partial charge in [-0.25, -0.2) is 0 Å². The SMILES string of the molecule is OC[C@H](CO[C@@H]1O[C@H](CO[C@@H]2O[C@@H](CO)[C@H](O)[C@H]2O)[C@@H](O)[C@H](O)[C@H]1O)c1ccc2c(c1)OCO2. The van der Waals surface area contributed by atoms with Gasteiger partial charge < -0.3 is 64.2 Å². The van der Waals surface area contributed by atoms with Crippen LogP contribution in [0.15, 0.2) is 18.2 Å². The Morgan fingerprint density at radius 3 is 2.15 bits per heavy atom. The third kappa shape index (κ3) is 5.15. The molecule has 0 bridgehead atoms. The molecule has 2 fully saturated rings. The quantitative estimate of drug-likeness (QED) is 0.183. The topological polar surface area (TPSA) is 197 Å². The zero-order chi connectivity index (χ0) is 24.4. The maximum absolute atomic E-state index is 10.3. The molecule has 13 heteroatoms. The van der Waals surface area contributed by atoms with Crippen LogP contribution in [-0.2, 0) is 18.9 Å². The van der Waals surface area contributed by atoms with Gasteiger partial charge in [-0.2, -0.15) is 0 Å². The Labute approximate surface area is 194 Å². The van der Waals surface area contributed by atoms with Gasteiger partial charge in [0.05, 0.1) is 26.4 Å². The van der Waals surface area contributed by atoms with Crippen molar-refractivity contribution in [3.05, 3.63) is 23.8 Å². The molecule has 1 aromatic carbocycles. The van der Waals surface area contributed by atoms with Crippen LogP contribution in [0.4, 0.5) is 0 Å². The summed E-state index contributed by atoms with van der Waals surface area (Å²) in [6, 6.07) is 5.16. The van der Waals surface area contributed by atoms with Crippen LogP contribution in [0.3, 0.4) is 0 Å². The van der Waals surface area contributed by atoms with Gasteiger partial charge in [0.2, 0.25) is 6.79 Å². The van der Waals surface area contributed by atoms with Crippen molar-refractivity contribution >= 4 is 0 Å². The van der Waals surface area contributed by atoms with E-state index in [0.29, 0.717) is 17.1 Å². The number of aliphatic hydroxyl groups excluding tert-OH is 7. The minimum absolute atomic E-state index is 0.0942. The van der Waals surface area contributed by atoms with Crippen LogP contribution in [-0.4, -0.2) is 124 Å². The second-order valence-electron chi connectivity index (χ2n) is 8.38. The lowest BCUT2D eigenvalue weighted by atomic mass is 9.98. The lowest BCUT2D eigenvalue weighted by Gasteiger charge is -2.40. The molecule has 2 saturated heterocycles. The Morgan fingerprint density at radius 2 is 1.44 bits per heavy atom. The predicted molar refractivity (Wildman–Crippen MR) is 109 cm³/mol. The molecule has 192 valence electrons. The minimum Gasteiger partial charge on any atom is -0.454 e. The van der Waals surface area contributed by atoms with Crippen molar-refractivity contribution in [1.29, 1.82) is 0 Å². The molecule has 1 aromatic rings. The first-order valence-electron chi connectivity index (χ1n) is 10.9. The van der Waals surface area contributed by atoms with Crippen molar-refractivity contribution in [2.75, 3.05) is 33.2 Å². The highest BCUT2D eigenvalue weighted by atomic mass is 16.7. The zero-order valence-electron chi connectivity index (χ0n) is 18.1. The molecule has 7 N–H and O–H groups in total. The van der Waals surface area contributed by atoms with Crippen LogP contribution in [0.1, 0.15) is 11.5 Å². The van der Waals surface area contributed by atoms with Crippen LogP contribution < -0.4 is 9.47 Å². The van der Waals surface area contributed by atoms with Gasteiger partial charge >= 0.3 is 0 Å². The summed E-state index contributed by atoms with van der Waals surface area (Å²) in [4.78, 5) is 0. The second kappa shape index (κ2) is 11.0. The molecule has 0 aromatic heterocycles. The number of hydrogen-bond donors (Lipinski definition) is 7. The summed E-state index contributed by atoms with van der Waals surface area (Å²) >= 11 is 0. The van der Waals surface area contributed by atoms with Crippen molar-refractivity contribution in [2.45, 2.75) is 61.2 Å². The fourth-order valence-electron chi connectivity index (χ4n) is 4.02. The molecule has 0 spiro atoms. The lowest BCUT2D eigenvalue weighted by Crippen LogP contribution is -2.59. The number of rotatable bonds is 9. The zero-order valence-corrected chi connectivity index (χ0v) is 18.1.